The third kappa shape index (κ3) is 6.03. The van der Waals surface area contributed by atoms with Crippen LogP contribution in [0.15, 0.2) is 24.3 Å². The normalized spacial score (nSPS) is 11.8. The van der Waals surface area contributed by atoms with Gasteiger partial charge in [0.2, 0.25) is 0 Å². The fourth-order valence-electron chi connectivity index (χ4n) is 1.75. The standard InChI is InChI=1S/C13H17F3N2O2/c1-17-6-7-18(9-13(14,15)16)8-10-2-4-11(5-3-10)12(19)20/h2-5,17H,6-9H2,1H3,(H,19,20). The minimum atomic E-state index is -4.26. The van der Waals surface area contributed by atoms with Gasteiger partial charge < -0.3 is 10.4 Å². The van der Waals surface area contributed by atoms with Gasteiger partial charge in [0.15, 0.2) is 0 Å². The monoisotopic (exact) mass is 290 g/mol. The fourth-order valence-corrected chi connectivity index (χ4v) is 1.75. The molecule has 0 bridgehead atoms. The van der Waals surface area contributed by atoms with E-state index in [9.17, 15) is 18.0 Å². The van der Waals surface area contributed by atoms with Crippen molar-refractivity contribution in [3.05, 3.63) is 35.4 Å². The molecule has 0 saturated heterocycles. The summed E-state index contributed by atoms with van der Waals surface area (Å²) in [6.45, 7) is -0.156. The number of halogens is 3. The molecule has 0 fully saturated rings. The summed E-state index contributed by atoms with van der Waals surface area (Å²) in [5.74, 6) is -1.06. The molecule has 0 aromatic heterocycles. The molecular weight excluding hydrogens is 273 g/mol. The quantitative estimate of drug-likeness (QED) is 0.806. The lowest BCUT2D eigenvalue weighted by molar-refractivity contribution is -0.146. The molecule has 0 saturated carbocycles. The van der Waals surface area contributed by atoms with Crippen LogP contribution in [0.3, 0.4) is 0 Å². The van der Waals surface area contributed by atoms with Crippen molar-refractivity contribution < 1.29 is 23.1 Å². The van der Waals surface area contributed by atoms with Crippen LogP contribution >= 0.6 is 0 Å². The van der Waals surface area contributed by atoms with Crippen LogP contribution in [-0.2, 0) is 6.54 Å². The van der Waals surface area contributed by atoms with Gasteiger partial charge in [-0.3, -0.25) is 4.90 Å². The largest absolute Gasteiger partial charge is 0.478 e. The summed E-state index contributed by atoms with van der Waals surface area (Å²) in [6, 6.07) is 5.85. The SMILES string of the molecule is CNCCN(Cc1ccc(C(=O)O)cc1)CC(F)(F)F. The summed E-state index contributed by atoms with van der Waals surface area (Å²) in [6.07, 6.45) is -4.26. The molecule has 0 heterocycles. The first kappa shape index (κ1) is 16.5. The molecule has 1 aromatic carbocycles. The predicted molar refractivity (Wildman–Crippen MR) is 68.7 cm³/mol. The van der Waals surface area contributed by atoms with Crippen molar-refractivity contribution in [1.82, 2.24) is 10.2 Å². The number of hydrogen-bond acceptors (Lipinski definition) is 3. The molecule has 7 heteroatoms. The number of carboxylic acid groups (broad SMARTS) is 1. The Balaban J connectivity index is 2.70. The first-order valence-corrected chi connectivity index (χ1v) is 6.08. The molecule has 0 unspecified atom stereocenters. The van der Waals surface area contributed by atoms with E-state index in [-0.39, 0.29) is 18.7 Å². The van der Waals surface area contributed by atoms with Gasteiger partial charge in [-0.25, -0.2) is 4.79 Å². The number of nitrogens with zero attached hydrogens (tertiary/aromatic N) is 1. The lowest BCUT2D eigenvalue weighted by atomic mass is 10.1. The highest BCUT2D eigenvalue weighted by molar-refractivity contribution is 5.87. The first-order chi connectivity index (χ1) is 9.31. The molecule has 20 heavy (non-hydrogen) atoms. The lowest BCUT2D eigenvalue weighted by Crippen LogP contribution is -2.37. The highest BCUT2D eigenvalue weighted by Gasteiger charge is 2.30. The van der Waals surface area contributed by atoms with Crippen LogP contribution < -0.4 is 5.32 Å². The number of nitrogens with one attached hydrogen (secondary N) is 1. The molecule has 0 radical (unpaired) electrons. The van der Waals surface area contributed by atoms with Crippen LogP contribution in [0.4, 0.5) is 13.2 Å². The molecule has 0 aliphatic carbocycles. The van der Waals surface area contributed by atoms with Gasteiger partial charge >= 0.3 is 12.1 Å². The van der Waals surface area contributed by atoms with Gasteiger partial charge in [0.25, 0.3) is 0 Å². The minimum Gasteiger partial charge on any atom is -0.478 e. The highest BCUT2D eigenvalue weighted by atomic mass is 19.4. The average Bonchev–Trinajstić information content (AvgIpc) is 2.35. The van der Waals surface area contributed by atoms with Crippen LogP contribution in [0.5, 0.6) is 0 Å². The third-order valence-electron chi connectivity index (χ3n) is 2.69. The Bertz CT molecular complexity index is 432. The Morgan fingerprint density at radius 2 is 1.90 bits per heavy atom. The van der Waals surface area contributed by atoms with E-state index < -0.39 is 18.7 Å². The van der Waals surface area contributed by atoms with E-state index in [2.05, 4.69) is 5.32 Å². The van der Waals surface area contributed by atoms with E-state index in [1.54, 1.807) is 7.05 Å². The van der Waals surface area contributed by atoms with Crippen LogP contribution in [0, 0.1) is 0 Å². The molecule has 0 spiro atoms. The van der Waals surface area contributed by atoms with Gasteiger partial charge in [0.05, 0.1) is 12.1 Å². The molecule has 0 atom stereocenters. The van der Waals surface area contributed by atoms with Crippen molar-refractivity contribution in [2.24, 2.45) is 0 Å². The molecule has 2 N–H and O–H groups in total. The second kappa shape index (κ2) is 7.25. The molecule has 1 rings (SSSR count). The number of likely N-dealkylation sites (N-methyl/N-ethyl adjacent to an activating group) is 1. The number of carbonyl (C=O) groups is 1. The Morgan fingerprint density at radius 1 is 1.30 bits per heavy atom. The van der Waals surface area contributed by atoms with Crippen molar-refractivity contribution in [3.8, 4) is 0 Å². The van der Waals surface area contributed by atoms with Gasteiger partial charge in [-0.1, -0.05) is 12.1 Å². The molecule has 0 amide bonds. The van der Waals surface area contributed by atoms with E-state index >= 15 is 0 Å². The topological polar surface area (TPSA) is 52.6 Å². The first-order valence-electron chi connectivity index (χ1n) is 6.08. The van der Waals surface area contributed by atoms with Crippen molar-refractivity contribution in [2.75, 3.05) is 26.7 Å². The maximum Gasteiger partial charge on any atom is 0.401 e. The molecule has 0 aliphatic rings. The number of alkyl halides is 3. The number of carboxylic acids is 1. The van der Waals surface area contributed by atoms with E-state index in [1.165, 1.54) is 29.2 Å². The number of aromatic carboxylic acids is 1. The van der Waals surface area contributed by atoms with Crippen LogP contribution in [0.25, 0.3) is 0 Å². The van der Waals surface area contributed by atoms with E-state index in [0.29, 0.717) is 12.1 Å². The van der Waals surface area contributed by atoms with Crippen LogP contribution in [-0.4, -0.2) is 48.8 Å². The van der Waals surface area contributed by atoms with Crippen LogP contribution in [0.2, 0.25) is 0 Å². The minimum absolute atomic E-state index is 0.117. The zero-order chi connectivity index (χ0) is 15.2. The van der Waals surface area contributed by atoms with Crippen molar-refractivity contribution in [2.45, 2.75) is 12.7 Å². The Kier molecular flexibility index (Phi) is 5.97. The second-order valence-corrected chi connectivity index (χ2v) is 4.43. The Morgan fingerprint density at radius 3 is 2.35 bits per heavy atom. The lowest BCUT2D eigenvalue weighted by Gasteiger charge is -2.23. The molecule has 0 aliphatic heterocycles. The third-order valence-corrected chi connectivity index (χ3v) is 2.69. The number of hydrogen-bond donors (Lipinski definition) is 2. The summed E-state index contributed by atoms with van der Waals surface area (Å²) in [5.41, 5.74) is 0.765. The maximum absolute atomic E-state index is 12.5. The van der Waals surface area contributed by atoms with E-state index in [0.717, 1.165) is 0 Å². The molecule has 4 nitrogen and oxygen atoms in total. The van der Waals surface area contributed by atoms with Gasteiger partial charge in [0.1, 0.15) is 0 Å². The van der Waals surface area contributed by atoms with Crippen molar-refractivity contribution >= 4 is 5.97 Å². The van der Waals surface area contributed by atoms with Crippen molar-refractivity contribution in [3.63, 3.8) is 0 Å². The highest BCUT2D eigenvalue weighted by Crippen LogP contribution is 2.18. The molecular formula is C13H17F3N2O2. The molecule has 1 aromatic rings. The Hall–Kier alpha value is -1.60. The predicted octanol–water partition coefficient (Wildman–Crippen LogP) is 1.97. The summed E-state index contributed by atoms with van der Waals surface area (Å²) >= 11 is 0. The van der Waals surface area contributed by atoms with Crippen LogP contribution in [0.1, 0.15) is 15.9 Å². The van der Waals surface area contributed by atoms with E-state index in [1.807, 2.05) is 0 Å². The molecule has 112 valence electrons. The van der Waals surface area contributed by atoms with Gasteiger partial charge in [-0.2, -0.15) is 13.2 Å². The zero-order valence-corrected chi connectivity index (χ0v) is 11.1. The average molecular weight is 290 g/mol. The van der Waals surface area contributed by atoms with Crippen molar-refractivity contribution in [1.29, 1.82) is 0 Å². The van der Waals surface area contributed by atoms with Gasteiger partial charge in [-0.15, -0.1) is 0 Å². The summed E-state index contributed by atoms with van der Waals surface area (Å²) in [4.78, 5) is 12.0. The van der Waals surface area contributed by atoms with Gasteiger partial charge in [-0.05, 0) is 24.7 Å². The maximum atomic E-state index is 12.5. The summed E-state index contributed by atoms with van der Waals surface area (Å²) < 4.78 is 37.4. The Labute approximate surface area is 115 Å². The fraction of sp³-hybridized carbons (Fsp3) is 0.462. The smallest absolute Gasteiger partial charge is 0.401 e. The number of benzene rings is 1. The summed E-state index contributed by atoms with van der Waals surface area (Å²) in [7, 11) is 1.67. The zero-order valence-electron chi connectivity index (χ0n) is 11.1. The van der Waals surface area contributed by atoms with Gasteiger partial charge in [0, 0.05) is 19.6 Å². The summed E-state index contributed by atoms with van der Waals surface area (Å²) in [5, 5.41) is 11.6. The second-order valence-electron chi connectivity index (χ2n) is 4.43. The van der Waals surface area contributed by atoms with E-state index in [4.69, 9.17) is 5.11 Å². The number of rotatable bonds is 7.